The molecule has 6 heteroatoms. The van der Waals surface area contributed by atoms with E-state index in [-0.39, 0.29) is 5.70 Å². The average Bonchev–Trinajstić information content (AvgIpc) is 2.14. The number of esters is 1. The van der Waals surface area contributed by atoms with Crippen molar-refractivity contribution >= 4 is 28.0 Å². The Morgan fingerprint density at radius 3 is 2.00 bits per heavy atom. The first-order valence-electron chi connectivity index (χ1n) is 5.01. The SMILES string of the molecule is COC(=O)C(=C(C)Br)N(C)C(=O)OC(C)(C)C. The molecule has 0 aromatic rings. The monoisotopic (exact) mass is 307 g/mol. The van der Waals surface area contributed by atoms with Crippen LogP contribution in [0, 0.1) is 0 Å². The Morgan fingerprint density at radius 1 is 1.24 bits per heavy atom. The van der Waals surface area contributed by atoms with E-state index in [1.165, 1.54) is 14.2 Å². The zero-order valence-corrected chi connectivity index (χ0v) is 12.5. The third-order valence-corrected chi connectivity index (χ3v) is 2.08. The van der Waals surface area contributed by atoms with Gasteiger partial charge < -0.3 is 9.47 Å². The molecule has 0 saturated carbocycles. The summed E-state index contributed by atoms with van der Waals surface area (Å²) < 4.78 is 10.2. The summed E-state index contributed by atoms with van der Waals surface area (Å²) in [4.78, 5) is 24.4. The van der Waals surface area contributed by atoms with Gasteiger partial charge in [0.15, 0.2) is 0 Å². The molecule has 0 rings (SSSR count). The van der Waals surface area contributed by atoms with E-state index in [2.05, 4.69) is 20.7 Å². The lowest BCUT2D eigenvalue weighted by molar-refractivity contribution is -0.137. The maximum absolute atomic E-state index is 11.8. The topological polar surface area (TPSA) is 55.8 Å². The highest BCUT2D eigenvalue weighted by Gasteiger charge is 2.26. The van der Waals surface area contributed by atoms with Gasteiger partial charge in [-0.2, -0.15) is 0 Å². The Kier molecular flexibility index (Phi) is 5.68. The lowest BCUT2D eigenvalue weighted by atomic mass is 10.2. The Bertz CT molecular complexity index is 340. The molecule has 0 aliphatic heterocycles. The molecule has 98 valence electrons. The molecular formula is C11H18BrNO4. The van der Waals surface area contributed by atoms with Gasteiger partial charge in [0.05, 0.1) is 7.11 Å². The van der Waals surface area contributed by atoms with Crippen LogP contribution in [0.5, 0.6) is 0 Å². The Hall–Kier alpha value is -1.04. The van der Waals surface area contributed by atoms with Crippen molar-refractivity contribution in [2.45, 2.75) is 33.3 Å². The minimum Gasteiger partial charge on any atom is -0.464 e. The first-order valence-corrected chi connectivity index (χ1v) is 5.81. The average molecular weight is 308 g/mol. The smallest absolute Gasteiger partial charge is 0.414 e. The van der Waals surface area contributed by atoms with E-state index >= 15 is 0 Å². The molecule has 0 heterocycles. The number of carbonyl (C=O) groups is 2. The summed E-state index contributed by atoms with van der Waals surface area (Å²) in [5.41, 5.74) is -0.506. The third-order valence-electron chi connectivity index (χ3n) is 1.71. The number of allylic oxidation sites excluding steroid dienone is 1. The van der Waals surface area contributed by atoms with E-state index < -0.39 is 17.7 Å². The summed E-state index contributed by atoms with van der Waals surface area (Å²) in [6.45, 7) is 6.90. The molecule has 17 heavy (non-hydrogen) atoms. The highest BCUT2D eigenvalue weighted by Crippen LogP contribution is 2.18. The molecule has 0 spiro atoms. The lowest BCUT2D eigenvalue weighted by Crippen LogP contribution is -2.36. The first-order chi connectivity index (χ1) is 7.60. The van der Waals surface area contributed by atoms with Crippen molar-refractivity contribution in [2.75, 3.05) is 14.2 Å². The number of methoxy groups -OCH3 is 1. The quantitative estimate of drug-likeness (QED) is 0.581. The van der Waals surface area contributed by atoms with Gasteiger partial charge in [-0.05, 0) is 27.7 Å². The number of halogens is 1. The van der Waals surface area contributed by atoms with Crippen molar-refractivity contribution in [1.82, 2.24) is 4.90 Å². The molecule has 0 fully saturated rings. The van der Waals surface area contributed by atoms with E-state index in [0.717, 1.165) is 4.90 Å². The molecule has 0 aromatic heterocycles. The number of likely N-dealkylation sites (N-methyl/N-ethyl adjacent to an activating group) is 1. The normalized spacial score (nSPS) is 12.6. The van der Waals surface area contributed by atoms with Crippen LogP contribution in [0.15, 0.2) is 10.2 Å². The minimum atomic E-state index is -0.618. The van der Waals surface area contributed by atoms with Crippen molar-refractivity contribution < 1.29 is 19.1 Å². The van der Waals surface area contributed by atoms with Crippen molar-refractivity contribution in [3.63, 3.8) is 0 Å². The van der Waals surface area contributed by atoms with Gasteiger partial charge in [0.2, 0.25) is 0 Å². The van der Waals surface area contributed by atoms with Gasteiger partial charge >= 0.3 is 12.1 Å². The molecule has 0 aliphatic rings. The van der Waals surface area contributed by atoms with E-state index in [4.69, 9.17) is 4.74 Å². The Balaban J connectivity index is 5.01. The van der Waals surface area contributed by atoms with E-state index in [1.807, 2.05) is 0 Å². The highest BCUT2D eigenvalue weighted by atomic mass is 79.9. The van der Waals surface area contributed by atoms with Crippen LogP contribution in [0.2, 0.25) is 0 Å². The number of nitrogens with zero attached hydrogens (tertiary/aromatic N) is 1. The number of hydrogen-bond donors (Lipinski definition) is 0. The molecule has 1 amide bonds. The summed E-state index contributed by atoms with van der Waals surface area (Å²) in [5.74, 6) is -0.604. The van der Waals surface area contributed by atoms with Crippen LogP contribution in [-0.4, -0.2) is 36.7 Å². The summed E-state index contributed by atoms with van der Waals surface area (Å²) in [6.07, 6.45) is -0.614. The number of ether oxygens (including phenoxy) is 2. The number of hydrogen-bond acceptors (Lipinski definition) is 4. The standard InChI is InChI=1S/C11H18BrNO4/c1-7(12)8(9(14)16-6)13(5)10(15)17-11(2,3)4/h1-6H3. The van der Waals surface area contributed by atoms with E-state index in [1.54, 1.807) is 27.7 Å². The fourth-order valence-electron chi connectivity index (χ4n) is 1.03. The molecule has 0 aliphatic carbocycles. The largest absolute Gasteiger partial charge is 0.464 e. The third kappa shape index (κ3) is 5.21. The zero-order chi connectivity index (χ0) is 13.8. The van der Waals surface area contributed by atoms with Crippen LogP contribution >= 0.6 is 15.9 Å². The van der Waals surface area contributed by atoms with E-state index in [9.17, 15) is 9.59 Å². The van der Waals surface area contributed by atoms with Crippen molar-refractivity contribution in [3.8, 4) is 0 Å². The number of amides is 1. The molecule has 0 atom stereocenters. The van der Waals surface area contributed by atoms with E-state index in [0.29, 0.717) is 4.48 Å². The fourth-order valence-corrected chi connectivity index (χ4v) is 1.45. The molecule has 0 saturated heterocycles. The first kappa shape index (κ1) is 16.0. The zero-order valence-electron chi connectivity index (χ0n) is 11.0. The number of carbonyl (C=O) groups excluding carboxylic acids is 2. The van der Waals surface area contributed by atoms with Gasteiger partial charge in [0, 0.05) is 11.5 Å². The van der Waals surface area contributed by atoms with Gasteiger partial charge in [-0.3, -0.25) is 4.90 Å². The van der Waals surface area contributed by atoms with Gasteiger partial charge in [-0.1, -0.05) is 15.9 Å². The summed E-state index contributed by atoms with van der Waals surface area (Å²) in [7, 11) is 2.70. The molecule has 0 N–H and O–H groups in total. The van der Waals surface area contributed by atoms with Gasteiger partial charge in [0.25, 0.3) is 0 Å². The minimum absolute atomic E-state index is 0.113. The second-order valence-electron chi connectivity index (χ2n) is 4.41. The highest BCUT2D eigenvalue weighted by molar-refractivity contribution is 9.11. The Morgan fingerprint density at radius 2 is 1.71 bits per heavy atom. The molecule has 5 nitrogen and oxygen atoms in total. The fraction of sp³-hybridized carbons (Fsp3) is 0.636. The molecular weight excluding hydrogens is 290 g/mol. The van der Waals surface area contributed by atoms with Crippen molar-refractivity contribution in [2.24, 2.45) is 0 Å². The number of rotatable bonds is 2. The van der Waals surface area contributed by atoms with Crippen molar-refractivity contribution in [1.29, 1.82) is 0 Å². The van der Waals surface area contributed by atoms with Gasteiger partial charge in [-0.15, -0.1) is 0 Å². The summed E-state index contributed by atoms with van der Waals surface area (Å²) in [6, 6.07) is 0. The van der Waals surface area contributed by atoms with Crippen LogP contribution in [0.1, 0.15) is 27.7 Å². The molecule has 0 aromatic carbocycles. The predicted molar refractivity (Wildman–Crippen MR) is 67.6 cm³/mol. The summed E-state index contributed by atoms with van der Waals surface area (Å²) >= 11 is 3.16. The van der Waals surface area contributed by atoms with Gasteiger partial charge in [-0.25, -0.2) is 9.59 Å². The van der Waals surface area contributed by atoms with Crippen LogP contribution < -0.4 is 0 Å². The molecule has 0 bridgehead atoms. The molecule has 0 radical (unpaired) electrons. The van der Waals surface area contributed by atoms with Crippen molar-refractivity contribution in [3.05, 3.63) is 10.2 Å². The predicted octanol–water partition coefficient (Wildman–Crippen LogP) is 2.65. The van der Waals surface area contributed by atoms with Crippen LogP contribution in [0.3, 0.4) is 0 Å². The second kappa shape index (κ2) is 6.05. The maximum atomic E-state index is 11.8. The Labute approximate surface area is 110 Å². The second-order valence-corrected chi connectivity index (χ2v) is 5.60. The van der Waals surface area contributed by atoms with Crippen LogP contribution in [0.4, 0.5) is 4.79 Å². The van der Waals surface area contributed by atoms with Crippen LogP contribution in [0.25, 0.3) is 0 Å². The van der Waals surface area contributed by atoms with Gasteiger partial charge in [0.1, 0.15) is 11.3 Å². The summed E-state index contributed by atoms with van der Waals surface area (Å²) in [5, 5.41) is 0. The van der Waals surface area contributed by atoms with Crippen LogP contribution in [-0.2, 0) is 14.3 Å². The molecule has 0 unspecified atom stereocenters. The maximum Gasteiger partial charge on any atom is 0.414 e. The lowest BCUT2D eigenvalue weighted by Gasteiger charge is -2.25.